The van der Waals surface area contributed by atoms with Crippen LogP contribution < -0.4 is 0 Å². The number of benzene rings is 16. The summed E-state index contributed by atoms with van der Waals surface area (Å²) in [5.74, 6) is 3.72. The molecule has 0 aliphatic rings. The zero-order chi connectivity index (χ0) is 74.0. The van der Waals surface area contributed by atoms with Gasteiger partial charge >= 0.3 is 0 Å². The molecule has 22 aromatic rings. The van der Waals surface area contributed by atoms with Crippen molar-refractivity contribution in [3.8, 4) is 124 Å². The van der Waals surface area contributed by atoms with Crippen molar-refractivity contribution in [2.24, 2.45) is 0 Å². The van der Waals surface area contributed by atoms with Gasteiger partial charge in [0.1, 0.15) is 0 Å². The molecule has 0 aliphatic heterocycles. The maximum atomic E-state index is 5.23. The maximum absolute atomic E-state index is 5.23. The van der Waals surface area contributed by atoms with Crippen LogP contribution in [-0.4, -0.2) is 39.0 Å². The lowest BCUT2D eigenvalue weighted by atomic mass is 9.99. The van der Waals surface area contributed by atoms with Crippen LogP contribution in [0.25, 0.3) is 208 Å². The second-order valence-corrected chi connectivity index (χ2v) is 30.1. The Hall–Kier alpha value is -14.4. The maximum Gasteiger partial charge on any atom is 0.238 e. The fraction of sp³-hybridized carbons (Fsp3) is 0. The van der Waals surface area contributed by atoms with E-state index in [2.05, 4.69) is 349 Å². The molecule has 0 unspecified atom stereocenters. The van der Waals surface area contributed by atoms with Crippen molar-refractivity contribution in [3.63, 3.8) is 0 Å². The minimum Gasteiger partial charge on any atom is -0.309 e. The molecular weight excluding hydrogens is 1400 g/mol. The van der Waals surface area contributed by atoms with E-state index in [0.29, 0.717) is 35.1 Å². The normalized spacial score (nSPS) is 11.6. The molecule has 112 heavy (non-hydrogen) atoms. The van der Waals surface area contributed by atoms with Gasteiger partial charge < -0.3 is 4.57 Å². The molecule has 0 bridgehead atoms. The van der Waals surface area contributed by atoms with Gasteiger partial charge in [-0.1, -0.05) is 315 Å². The average Bonchev–Trinajstić information content (AvgIpc) is 1.11. The monoisotopic (exact) mass is 1460 g/mol. The molecule has 0 amide bonds. The molecule has 0 spiro atoms. The van der Waals surface area contributed by atoms with Crippen LogP contribution in [0.1, 0.15) is 0 Å². The third-order valence-corrected chi connectivity index (χ3v) is 23.8. The van der Waals surface area contributed by atoms with Gasteiger partial charge in [0, 0.05) is 89.7 Å². The van der Waals surface area contributed by atoms with E-state index < -0.39 is 0 Å². The molecule has 0 saturated heterocycles. The third kappa shape index (κ3) is 11.9. The van der Waals surface area contributed by atoms with E-state index in [9.17, 15) is 0 Å². The first-order valence-electron chi connectivity index (χ1n) is 37.5. The van der Waals surface area contributed by atoms with Crippen molar-refractivity contribution in [1.29, 1.82) is 0 Å². The lowest BCUT2D eigenvalue weighted by Crippen LogP contribution is -2.06. The Bertz CT molecular complexity index is 7360. The summed E-state index contributed by atoms with van der Waals surface area (Å²) in [6.07, 6.45) is 0. The minimum absolute atomic E-state index is 0.584. The molecule has 0 fully saturated rings. The summed E-state index contributed by atoms with van der Waals surface area (Å²) in [6, 6.07) is 137. The quantitative estimate of drug-likeness (QED) is 0.121. The van der Waals surface area contributed by atoms with Gasteiger partial charge in [0.15, 0.2) is 29.1 Å². The lowest BCUT2D eigenvalue weighted by Gasteiger charge is -2.15. The number of para-hydroxylation sites is 3. The van der Waals surface area contributed by atoms with Crippen molar-refractivity contribution in [3.05, 3.63) is 388 Å². The molecule has 0 saturated carbocycles. The predicted octanol–water partition coefficient (Wildman–Crippen LogP) is 27.3. The first-order valence-corrected chi connectivity index (χ1v) is 39.2. The number of hydrogen-bond donors (Lipinski definition) is 0. The Morgan fingerprint density at radius 3 is 1.11 bits per heavy atom. The number of fused-ring (bicyclic) bond motifs is 12. The van der Waals surface area contributed by atoms with Gasteiger partial charge in [-0.25, -0.2) is 19.9 Å². The summed E-state index contributed by atoms with van der Waals surface area (Å²) >= 11 is 3.73. The van der Waals surface area contributed by atoms with Crippen molar-refractivity contribution in [2.75, 3.05) is 0 Å². The molecule has 16 aromatic carbocycles. The fourth-order valence-corrected chi connectivity index (χ4v) is 18.4. The zero-order valence-electron chi connectivity index (χ0n) is 60.3. The van der Waals surface area contributed by atoms with Gasteiger partial charge in [-0.3, -0.25) is 4.57 Å². The number of thiophene rings is 2. The molecule has 0 N–H and O–H groups in total. The summed E-state index contributed by atoms with van der Waals surface area (Å²) in [4.78, 5) is 30.9. The molecule has 0 radical (unpaired) electrons. The number of hydrogen-bond acceptors (Lipinski definition) is 8. The Labute approximate surface area is 653 Å². The van der Waals surface area contributed by atoms with Gasteiger partial charge in [-0.2, -0.15) is 9.97 Å². The summed E-state index contributed by atoms with van der Waals surface area (Å²) in [6.45, 7) is 0. The highest BCUT2D eigenvalue weighted by Crippen LogP contribution is 2.46. The average molecular weight is 1470 g/mol. The summed E-state index contributed by atoms with van der Waals surface area (Å²) in [5, 5.41) is 9.88. The van der Waals surface area contributed by atoms with Crippen molar-refractivity contribution < 1.29 is 0 Å². The summed E-state index contributed by atoms with van der Waals surface area (Å²) < 4.78 is 9.77. The molecule has 8 nitrogen and oxygen atoms in total. The number of nitrogens with zero attached hydrogens (tertiary/aromatic N) is 8. The first kappa shape index (κ1) is 65.8. The van der Waals surface area contributed by atoms with Crippen molar-refractivity contribution >= 4 is 107 Å². The fourth-order valence-electron chi connectivity index (χ4n) is 16.0. The van der Waals surface area contributed by atoms with E-state index in [1.807, 2.05) is 71.2 Å². The molecular formula is C102H64N8S2. The standard InChI is InChI=1S/2C51H32N4S/c1-4-13-33(14-5-1)35-23-25-37(26-24-35)50-52-49(36-17-8-3-9-18-36)53-51(54-50)55-45-22-11-10-19-41(45)43-32-39(27-29-46(43)55)40-20-12-21-42-44-31-38(34-15-6-2-7-16-34)28-30-47(44)56-48(40)42;1-3-15-33(16-4-1)35-19-13-20-37(31-35)50-52-49(34-17-5-2-6-18-34)53-51(54-50)42-23-8-11-27-45(42)55-44-26-10-7-21-39(44)43-32-36(29-30-46(43)55)38-24-14-25-41-40-22-9-12-28-47(40)56-48(38)41/h2*1-32H. The van der Waals surface area contributed by atoms with E-state index in [-0.39, 0.29) is 0 Å². The van der Waals surface area contributed by atoms with Crippen LogP contribution in [0, 0.1) is 0 Å². The topological polar surface area (TPSA) is 87.2 Å². The highest BCUT2D eigenvalue weighted by Gasteiger charge is 2.24. The molecule has 0 atom stereocenters. The van der Waals surface area contributed by atoms with Crippen LogP contribution in [0.2, 0.25) is 0 Å². The number of rotatable bonds is 12. The summed E-state index contributed by atoms with van der Waals surface area (Å²) in [7, 11) is 0. The molecule has 6 heterocycles. The Morgan fingerprint density at radius 1 is 0.179 bits per heavy atom. The molecule has 0 aliphatic carbocycles. The Morgan fingerprint density at radius 2 is 0.518 bits per heavy atom. The van der Waals surface area contributed by atoms with E-state index in [4.69, 9.17) is 29.9 Å². The van der Waals surface area contributed by atoms with E-state index >= 15 is 0 Å². The highest BCUT2D eigenvalue weighted by atomic mass is 32.1. The minimum atomic E-state index is 0.584. The second-order valence-electron chi connectivity index (χ2n) is 28.0. The SMILES string of the molecule is c1ccc(-c2ccc(-c3nc(-c4ccccc4)nc(-n4c5ccccc5c5cc(-c6cccc7c6sc6ccc(-c8ccccc8)cc67)ccc54)n3)cc2)cc1.c1ccc(-c2cccc(-c3nc(-c4ccccc4)nc(-c4ccccc4-n4c5ccccc5c5cc(-c6cccc7c6sc6ccccc67)ccc54)n3)c2)cc1. The van der Waals surface area contributed by atoms with E-state index in [1.54, 1.807) is 0 Å². The molecule has 10 heteroatoms. The zero-order valence-corrected chi connectivity index (χ0v) is 62.0. The van der Waals surface area contributed by atoms with Crippen LogP contribution in [-0.2, 0) is 0 Å². The number of aromatic nitrogens is 8. The van der Waals surface area contributed by atoms with Crippen LogP contribution >= 0.6 is 22.7 Å². The van der Waals surface area contributed by atoms with Crippen LogP contribution in [0.3, 0.4) is 0 Å². The van der Waals surface area contributed by atoms with Crippen LogP contribution in [0.15, 0.2) is 388 Å². The highest BCUT2D eigenvalue weighted by molar-refractivity contribution is 7.26. The molecule has 6 aromatic heterocycles. The molecule has 22 rings (SSSR count). The predicted molar refractivity (Wildman–Crippen MR) is 468 cm³/mol. The molecule has 524 valence electrons. The van der Waals surface area contributed by atoms with E-state index in [0.717, 1.165) is 83.0 Å². The second kappa shape index (κ2) is 28.0. The third-order valence-electron chi connectivity index (χ3n) is 21.4. The van der Waals surface area contributed by atoms with Gasteiger partial charge in [-0.05, 0) is 128 Å². The lowest BCUT2D eigenvalue weighted by molar-refractivity contribution is 0.953. The summed E-state index contributed by atoms with van der Waals surface area (Å²) in [5.41, 5.74) is 21.9. The van der Waals surface area contributed by atoms with Crippen LogP contribution in [0.5, 0.6) is 0 Å². The van der Waals surface area contributed by atoms with Gasteiger partial charge in [0.2, 0.25) is 5.95 Å². The van der Waals surface area contributed by atoms with Gasteiger partial charge in [0.05, 0.1) is 27.8 Å². The van der Waals surface area contributed by atoms with Gasteiger partial charge in [0.25, 0.3) is 0 Å². The van der Waals surface area contributed by atoms with Crippen molar-refractivity contribution in [2.45, 2.75) is 0 Å². The van der Waals surface area contributed by atoms with E-state index in [1.165, 1.54) is 90.1 Å². The Balaban J connectivity index is 0.000000141. The van der Waals surface area contributed by atoms with Crippen molar-refractivity contribution in [1.82, 2.24) is 39.0 Å². The largest absolute Gasteiger partial charge is 0.309 e. The first-order chi connectivity index (χ1) is 55.5. The smallest absolute Gasteiger partial charge is 0.238 e. The Kier molecular flexibility index (Phi) is 16.4. The van der Waals surface area contributed by atoms with Gasteiger partial charge in [-0.15, -0.1) is 22.7 Å². The van der Waals surface area contributed by atoms with Crippen LogP contribution in [0.4, 0.5) is 0 Å².